The standard InChI is InChI=1S/C36H29N3/c1-2-9-29(24-38)27-16-19-31-28(23-27)17-20-33-32-18-15-25(10-4-3-7-21-37)22-35(32)39(36(31)33)34-14-8-12-26-11-5-6-13-30(26)34/h2-9,11-24,38H,1,10,37H2/b4-3-,21-7-,29-9+,38-24?. The molecule has 0 spiro atoms. The van der Waals surface area contributed by atoms with Crippen LogP contribution >= 0.6 is 0 Å². The van der Waals surface area contributed by atoms with E-state index in [4.69, 9.17) is 11.1 Å². The first-order valence-electron chi connectivity index (χ1n) is 13.1. The minimum Gasteiger partial charge on any atom is -0.405 e. The number of rotatable bonds is 7. The van der Waals surface area contributed by atoms with Crippen LogP contribution in [0.15, 0.2) is 134 Å². The summed E-state index contributed by atoms with van der Waals surface area (Å²) in [6, 6.07) is 32.8. The Hall–Kier alpha value is -5.15. The van der Waals surface area contributed by atoms with Crippen LogP contribution in [0, 0.1) is 5.41 Å². The molecule has 6 aromatic rings. The lowest BCUT2D eigenvalue weighted by atomic mass is 9.99. The van der Waals surface area contributed by atoms with E-state index in [1.165, 1.54) is 49.7 Å². The summed E-state index contributed by atoms with van der Waals surface area (Å²) >= 11 is 0. The molecule has 0 radical (unpaired) electrons. The molecule has 5 aromatic carbocycles. The lowest BCUT2D eigenvalue weighted by Gasteiger charge is -2.14. The van der Waals surface area contributed by atoms with Crippen LogP contribution < -0.4 is 5.73 Å². The highest BCUT2D eigenvalue weighted by Crippen LogP contribution is 2.39. The summed E-state index contributed by atoms with van der Waals surface area (Å²) in [4.78, 5) is 0. The number of nitrogens with zero attached hydrogens (tertiary/aromatic N) is 1. The van der Waals surface area contributed by atoms with Gasteiger partial charge in [-0.15, -0.1) is 0 Å². The van der Waals surface area contributed by atoms with Crippen molar-refractivity contribution in [3.8, 4) is 5.69 Å². The molecule has 0 unspecified atom stereocenters. The van der Waals surface area contributed by atoms with Gasteiger partial charge in [-0.05, 0) is 64.4 Å². The molecule has 0 aliphatic heterocycles. The molecule has 0 atom stereocenters. The minimum absolute atomic E-state index is 0.823. The monoisotopic (exact) mass is 503 g/mol. The van der Waals surface area contributed by atoms with Crippen molar-refractivity contribution >= 4 is 55.1 Å². The molecule has 0 saturated heterocycles. The first kappa shape index (κ1) is 24.2. The summed E-state index contributed by atoms with van der Waals surface area (Å²) in [5, 5.41) is 15.1. The van der Waals surface area contributed by atoms with E-state index in [0.717, 1.165) is 28.6 Å². The lowest BCUT2D eigenvalue weighted by Crippen LogP contribution is -1.97. The fraction of sp³-hybridized carbons (Fsp3) is 0.0278. The molecule has 3 nitrogen and oxygen atoms in total. The Morgan fingerprint density at radius 1 is 0.795 bits per heavy atom. The Bertz CT molecular complexity index is 1980. The largest absolute Gasteiger partial charge is 0.405 e. The van der Waals surface area contributed by atoms with Crippen LogP contribution in [-0.4, -0.2) is 10.8 Å². The van der Waals surface area contributed by atoms with Gasteiger partial charge in [0, 0.05) is 27.8 Å². The number of benzene rings is 5. The Morgan fingerprint density at radius 3 is 2.46 bits per heavy atom. The van der Waals surface area contributed by atoms with E-state index < -0.39 is 0 Å². The predicted octanol–water partition coefficient (Wildman–Crippen LogP) is 8.88. The molecule has 0 saturated carbocycles. The zero-order chi connectivity index (χ0) is 26.8. The van der Waals surface area contributed by atoms with E-state index in [1.54, 1.807) is 12.3 Å². The average molecular weight is 504 g/mol. The maximum Gasteiger partial charge on any atom is 0.0619 e. The van der Waals surface area contributed by atoms with E-state index >= 15 is 0 Å². The average Bonchev–Trinajstić information content (AvgIpc) is 3.31. The van der Waals surface area contributed by atoms with E-state index in [1.807, 2.05) is 18.2 Å². The van der Waals surface area contributed by atoms with E-state index in [2.05, 4.69) is 108 Å². The summed E-state index contributed by atoms with van der Waals surface area (Å²) in [5.74, 6) is 0. The van der Waals surface area contributed by atoms with Crippen molar-refractivity contribution in [3.05, 3.63) is 145 Å². The Labute approximate surface area is 228 Å². The van der Waals surface area contributed by atoms with Gasteiger partial charge >= 0.3 is 0 Å². The molecule has 1 aromatic heterocycles. The SMILES string of the molecule is C=C/C=C(\C=N)c1ccc2c(ccc3c4ccc(C/C=C\C=C/N)cc4n(-c4cccc5ccccc45)c23)c1. The number of hydrogen-bond donors (Lipinski definition) is 2. The minimum atomic E-state index is 0.823. The topological polar surface area (TPSA) is 54.8 Å². The molecule has 3 N–H and O–H groups in total. The van der Waals surface area contributed by atoms with Gasteiger partial charge in [0.2, 0.25) is 0 Å². The second-order valence-corrected chi connectivity index (χ2v) is 9.60. The number of aromatic nitrogens is 1. The van der Waals surface area contributed by atoms with Crippen LogP contribution in [0.4, 0.5) is 0 Å². The molecule has 0 aliphatic carbocycles. The van der Waals surface area contributed by atoms with Crippen molar-refractivity contribution in [1.82, 2.24) is 4.57 Å². The van der Waals surface area contributed by atoms with E-state index in [-0.39, 0.29) is 0 Å². The number of nitrogens with one attached hydrogen (secondary N) is 1. The summed E-state index contributed by atoms with van der Waals surface area (Å²) in [6.07, 6.45) is 13.3. The number of nitrogens with two attached hydrogens (primary N) is 1. The molecule has 1 heterocycles. The third-order valence-electron chi connectivity index (χ3n) is 7.31. The van der Waals surface area contributed by atoms with E-state index in [0.29, 0.717) is 0 Å². The molecule has 0 bridgehead atoms. The molecule has 0 amide bonds. The van der Waals surface area contributed by atoms with Crippen molar-refractivity contribution in [3.63, 3.8) is 0 Å². The Balaban J connectivity index is 1.70. The summed E-state index contributed by atoms with van der Waals surface area (Å²) in [6.45, 7) is 3.81. The van der Waals surface area contributed by atoms with Gasteiger partial charge in [0.1, 0.15) is 0 Å². The van der Waals surface area contributed by atoms with Gasteiger partial charge in [-0.25, -0.2) is 0 Å². The number of hydrogen-bond acceptors (Lipinski definition) is 2. The fourth-order valence-corrected chi connectivity index (χ4v) is 5.54. The normalized spacial score (nSPS) is 12.5. The lowest BCUT2D eigenvalue weighted by molar-refractivity contribution is 1.19. The highest BCUT2D eigenvalue weighted by Gasteiger charge is 2.17. The van der Waals surface area contributed by atoms with Gasteiger partial charge < -0.3 is 15.7 Å². The summed E-state index contributed by atoms with van der Waals surface area (Å²) in [5.41, 5.74) is 12.1. The smallest absolute Gasteiger partial charge is 0.0619 e. The number of allylic oxidation sites excluding steroid dienone is 6. The van der Waals surface area contributed by atoms with Gasteiger partial charge in [0.05, 0.1) is 16.7 Å². The van der Waals surface area contributed by atoms with Crippen LogP contribution in [0.2, 0.25) is 0 Å². The van der Waals surface area contributed by atoms with Crippen LogP contribution in [0.1, 0.15) is 11.1 Å². The van der Waals surface area contributed by atoms with Crippen LogP contribution in [0.25, 0.3) is 54.6 Å². The van der Waals surface area contributed by atoms with Gasteiger partial charge in [0.25, 0.3) is 0 Å². The summed E-state index contributed by atoms with van der Waals surface area (Å²) < 4.78 is 2.43. The van der Waals surface area contributed by atoms with Crippen LogP contribution in [0.5, 0.6) is 0 Å². The van der Waals surface area contributed by atoms with E-state index in [9.17, 15) is 0 Å². The van der Waals surface area contributed by atoms with Gasteiger partial charge in [-0.1, -0.05) is 104 Å². The first-order valence-corrected chi connectivity index (χ1v) is 13.1. The maximum absolute atomic E-state index is 7.87. The predicted molar refractivity (Wildman–Crippen MR) is 169 cm³/mol. The van der Waals surface area contributed by atoms with Gasteiger partial charge in [-0.2, -0.15) is 0 Å². The summed E-state index contributed by atoms with van der Waals surface area (Å²) in [7, 11) is 0. The van der Waals surface area contributed by atoms with Crippen LogP contribution in [0.3, 0.4) is 0 Å². The fourth-order valence-electron chi connectivity index (χ4n) is 5.54. The first-order chi connectivity index (χ1) is 19.2. The van der Waals surface area contributed by atoms with Crippen molar-refractivity contribution < 1.29 is 0 Å². The highest BCUT2D eigenvalue weighted by atomic mass is 15.0. The van der Waals surface area contributed by atoms with Crippen molar-refractivity contribution in [2.24, 2.45) is 5.73 Å². The third-order valence-corrected chi connectivity index (χ3v) is 7.31. The highest BCUT2D eigenvalue weighted by molar-refractivity contribution is 6.20. The zero-order valence-corrected chi connectivity index (χ0v) is 21.6. The molecule has 39 heavy (non-hydrogen) atoms. The molecule has 0 aliphatic rings. The molecule has 6 rings (SSSR count). The quantitative estimate of drug-likeness (QED) is 0.166. The van der Waals surface area contributed by atoms with Crippen LogP contribution in [-0.2, 0) is 6.42 Å². The molecular formula is C36H29N3. The van der Waals surface area contributed by atoms with Gasteiger partial charge in [-0.3, -0.25) is 0 Å². The Kier molecular flexibility index (Phi) is 6.40. The molecule has 188 valence electrons. The Morgan fingerprint density at radius 2 is 1.62 bits per heavy atom. The zero-order valence-electron chi connectivity index (χ0n) is 21.6. The number of fused-ring (bicyclic) bond motifs is 6. The van der Waals surface area contributed by atoms with Gasteiger partial charge in [0.15, 0.2) is 0 Å². The second kappa shape index (κ2) is 10.3. The van der Waals surface area contributed by atoms with Crippen molar-refractivity contribution in [2.45, 2.75) is 6.42 Å². The second-order valence-electron chi connectivity index (χ2n) is 9.60. The maximum atomic E-state index is 7.87. The molecule has 0 fully saturated rings. The van der Waals surface area contributed by atoms with Crippen molar-refractivity contribution in [2.75, 3.05) is 0 Å². The van der Waals surface area contributed by atoms with Crippen molar-refractivity contribution in [1.29, 1.82) is 5.41 Å². The third kappa shape index (κ3) is 4.24. The molecule has 3 heteroatoms. The molecular weight excluding hydrogens is 474 g/mol.